The average Bonchev–Trinajstić information content (AvgIpc) is 3.02. The van der Waals surface area contributed by atoms with Gasteiger partial charge in [0.25, 0.3) is 0 Å². The highest BCUT2D eigenvalue weighted by Crippen LogP contribution is 2.66. The summed E-state index contributed by atoms with van der Waals surface area (Å²) in [6, 6.07) is 0. The Morgan fingerprint density at radius 3 is 2.72 bits per heavy atom. The molecule has 1 unspecified atom stereocenters. The minimum Gasteiger partial charge on any atom is -0.393 e. The van der Waals surface area contributed by atoms with Crippen molar-refractivity contribution in [1.82, 2.24) is 0 Å². The molecule has 1 heterocycles. The predicted octanol–water partition coefficient (Wildman–Crippen LogP) is 4.44. The van der Waals surface area contributed by atoms with Gasteiger partial charge in [-0.15, -0.1) is 0 Å². The Morgan fingerprint density at radius 2 is 1.93 bits per heavy atom. The van der Waals surface area contributed by atoms with Gasteiger partial charge >= 0.3 is 0 Å². The molecule has 4 aliphatic carbocycles. The lowest BCUT2D eigenvalue weighted by atomic mass is 9.45. The quantitative estimate of drug-likeness (QED) is 0.683. The van der Waals surface area contributed by atoms with Crippen molar-refractivity contribution in [3.63, 3.8) is 0 Å². The second-order valence-corrected chi connectivity index (χ2v) is 11.1. The fraction of sp³-hybridized carbons (Fsp3) is 0.920. The van der Waals surface area contributed by atoms with Crippen molar-refractivity contribution >= 4 is 0 Å². The maximum atomic E-state index is 10.8. The number of hydrogen-bond donors (Lipinski definition) is 2. The van der Waals surface area contributed by atoms with Crippen LogP contribution >= 0.6 is 0 Å². The molecule has 1 aliphatic heterocycles. The lowest BCUT2D eigenvalue weighted by Crippen LogP contribution is -2.56. The zero-order valence-corrected chi connectivity index (χ0v) is 18.3. The molecule has 0 bridgehead atoms. The Kier molecular flexibility index (Phi) is 5.38. The Hall–Kier alpha value is -0.420. The molecule has 0 amide bonds. The second-order valence-electron chi connectivity index (χ2n) is 11.1. The van der Waals surface area contributed by atoms with Crippen molar-refractivity contribution in [2.75, 3.05) is 13.2 Å². The molecule has 3 saturated carbocycles. The highest BCUT2D eigenvalue weighted by molar-refractivity contribution is 5.28. The molecule has 1 saturated heterocycles. The minimum atomic E-state index is -0.203. The SMILES string of the molecule is C[C@@H]1C=C2C[C@@H](O)CC[C@]2(COC2CCCCO2)[C@H]2CC[C@]3(C)[C@@H](O)CC[C@H]3[C@H]12. The Labute approximate surface area is 176 Å². The first kappa shape index (κ1) is 20.5. The first-order valence-corrected chi connectivity index (χ1v) is 12.2. The summed E-state index contributed by atoms with van der Waals surface area (Å²) in [5.74, 6) is 2.37. The van der Waals surface area contributed by atoms with E-state index in [4.69, 9.17) is 9.47 Å². The van der Waals surface area contributed by atoms with Gasteiger partial charge in [0.2, 0.25) is 0 Å². The molecule has 4 fully saturated rings. The summed E-state index contributed by atoms with van der Waals surface area (Å²) in [7, 11) is 0. The summed E-state index contributed by atoms with van der Waals surface area (Å²) in [6.45, 7) is 6.30. The second kappa shape index (κ2) is 7.62. The van der Waals surface area contributed by atoms with Crippen LogP contribution in [-0.4, -0.2) is 41.9 Å². The zero-order valence-electron chi connectivity index (χ0n) is 18.3. The summed E-state index contributed by atoms with van der Waals surface area (Å²) in [4.78, 5) is 0. The van der Waals surface area contributed by atoms with E-state index >= 15 is 0 Å². The lowest BCUT2D eigenvalue weighted by molar-refractivity contribution is -0.194. The van der Waals surface area contributed by atoms with Crippen LogP contribution < -0.4 is 0 Å². The third kappa shape index (κ3) is 3.24. The molecule has 9 atom stereocenters. The molecule has 4 nitrogen and oxygen atoms in total. The van der Waals surface area contributed by atoms with Gasteiger partial charge in [0.1, 0.15) is 0 Å². The van der Waals surface area contributed by atoms with E-state index in [1.165, 1.54) is 18.4 Å². The van der Waals surface area contributed by atoms with Gasteiger partial charge < -0.3 is 19.7 Å². The van der Waals surface area contributed by atoms with Crippen molar-refractivity contribution in [1.29, 1.82) is 0 Å². The molecule has 4 heteroatoms. The average molecular weight is 405 g/mol. The van der Waals surface area contributed by atoms with Crippen molar-refractivity contribution in [3.05, 3.63) is 11.6 Å². The molecule has 5 aliphatic rings. The maximum Gasteiger partial charge on any atom is 0.157 e. The van der Waals surface area contributed by atoms with Gasteiger partial charge in [-0.1, -0.05) is 25.5 Å². The van der Waals surface area contributed by atoms with Crippen LogP contribution in [0.4, 0.5) is 0 Å². The Balaban J connectivity index is 1.46. The third-order valence-electron chi connectivity index (χ3n) is 9.75. The van der Waals surface area contributed by atoms with E-state index in [9.17, 15) is 10.2 Å². The van der Waals surface area contributed by atoms with Gasteiger partial charge in [-0.25, -0.2) is 0 Å². The van der Waals surface area contributed by atoms with Crippen molar-refractivity contribution in [3.8, 4) is 0 Å². The van der Waals surface area contributed by atoms with E-state index < -0.39 is 0 Å². The smallest absolute Gasteiger partial charge is 0.157 e. The summed E-state index contributed by atoms with van der Waals surface area (Å²) in [5.41, 5.74) is 1.61. The highest BCUT2D eigenvalue weighted by atomic mass is 16.7. The number of hydrogen-bond acceptors (Lipinski definition) is 4. The molecule has 5 rings (SSSR count). The van der Waals surface area contributed by atoms with Crippen LogP contribution in [-0.2, 0) is 9.47 Å². The Morgan fingerprint density at radius 1 is 1.07 bits per heavy atom. The molecule has 29 heavy (non-hydrogen) atoms. The van der Waals surface area contributed by atoms with Crippen molar-refractivity contribution in [2.45, 2.75) is 96.6 Å². The number of aliphatic hydroxyl groups excluding tert-OH is 2. The largest absolute Gasteiger partial charge is 0.393 e. The van der Waals surface area contributed by atoms with E-state index in [0.29, 0.717) is 23.7 Å². The molecule has 0 radical (unpaired) electrons. The molecular formula is C25H40O4. The molecule has 0 aromatic carbocycles. The van der Waals surface area contributed by atoms with Gasteiger partial charge in [-0.2, -0.15) is 0 Å². The minimum absolute atomic E-state index is 0.0498. The van der Waals surface area contributed by atoms with Crippen LogP contribution in [0.15, 0.2) is 11.6 Å². The number of rotatable bonds is 3. The fourth-order valence-corrected chi connectivity index (χ4v) is 8.13. The molecule has 0 aromatic rings. The summed E-state index contributed by atoms with van der Waals surface area (Å²) in [6.07, 6.45) is 12.6. The lowest BCUT2D eigenvalue weighted by Gasteiger charge is -2.60. The zero-order chi connectivity index (χ0) is 20.2. The van der Waals surface area contributed by atoms with E-state index in [1.54, 1.807) is 0 Å². The van der Waals surface area contributed by atoms with Crippen molar-refractivity contribution < 1.29 is 19.7 Å². The van der Waals surface area contributed by atoms with E-state index in [-0.39, 0.29) is 29.3 Å². The molecule has 0 aromatic heterocycles. The molecule has 2 N–H and O–H groups in total. The van der Waals surface area contributed by atoms with Crippen LogP contribution in [0.25, 0.3) is 0 Å². The summed E-state index contributed by atoms with van der Waals surface area (Å²) < 4.78 is 12.4. The monoisotopic (exact) mass is 404 g/mol. The summed E-state index contributed by atoms with van der Waals surface area (Å²) in [5, 5.41) is 21.2. The van der Waals surface area contributed by atoms with Gasteiger partial charge in [0.15, 0.2) is 6.29 Å². The van der Waals surface area contributed by atoms with Gasteiger partial charge in [0.05, 0.1) is 18.8 Å². The first-order valence-electron chi connectivity index (χ1n) is 12.2. The third-order valence-corrected chi connectivity index (χ3v) is 9.75. The topological polar surface area (TPSA) is 58.9 Å². The number of fused-ring (bicyclic) bond motifs is 5. The van der Waals surface area contributed by atoms with Gasteiger partial charge in [0, 0.05) is 12.0 Å². The van der Waals surface area contributed by atoms with Crippen molar-refractivity contribution in [2.24, 2.45) is 34.5 Å². The van der Waals surface area contributed by atoms with Crippen LogP contribution in [0, 0.1) is 34.5 Å². The summed E-state index contributed by atoms with van der Waals surface area (Å²) >= 11 is 0. The predicted molar refractivity (Wildman–Crippen MR) is 112 cm³/mol. The molecule has 0 spiro atoms. The van der Waals surface area contributed by atoms with Crippen LogP contribution in [0.3, 0.4) is 0 Å². The number of aliphatic hydroxyl groups is 2. The van der Waals surface area contributed by atoms with Crippen LogP contribution in [0.1, 0.15) is 78.1 Å². The molecule has 164 valence electrons. The van der Waals surface area contributed by atoms with E-state index in [1.807, 2.05) is 0 Å². The van der Waals surface area contributed by atoms with Crippen LogP contribution in [0.5, 0.6) is 0 Å². The first-order chi connectivity index (χ1) is 13.9. The maximum absolute atomic E-state index is 10.8. The van der Waals surface area contributed by atoms with E-state index in [2.05, 4.69) is 19.9 Å². The Bertz CT molecular complexity index is 641. The van der Waals surface area contributed by atoms with Gasteiger partial charge in [-0.3, -0.25) is 0 Å². The fourth-order valence-electron chi connectivity index (χ4n) is 8.13. The van der Waals surface area contributed by atoms with E-state index in [0.717, 1.165) is 64.6 Å². The molecular weight excluding hydrogens is 364 g/mol. The van der Waals surface area contributed by atoms with Crippen LogP contribution in [0.2, 0.25) is 0 Å². The number of ether oxygens (including phenoxy) is 2. The standard InChI is InChI=1S/C25H40O4/c1-16-13-17-14-18(26)8-11-25(17,15-29-22-5-3-4-12-28-22)20-9-10-24(2)19(23(16)20)6-7-21(24)27/h13,16,18-23,26-27H,3-12,14-15H2,1-2H3/t16-,18+,19+,20+,21+,22?,23+,24+,25-/m1/s1. The van der Waals surface area contributed by atoms with Gasteiger partial charge in [-0.05, 0) is 93.3 Å². The highest BCUT2D eigenvalue weighted by Gasteiger charge is 2.61. The normalized spacial score (nSPS) is 52.3. The number of allylic oxidation sites excluding steroid dienone is 1.